The van der Waals surface area contributed by atoms with E-state index in [9.17, 15) is 4.79 Å². The van der Waals surface area contributed by atoms with Crippen LogP contribution in [0.3, 0.4) is 0 Å². The minimum absolute atomic E-state index is 0.131. The normalized spacial score (nSPS) is 13.8. The first-order valence-electron chi connectivity index (χ1n) is 11.3. The fourth-order valence-electron chi connectivity index (χ4n) is 4.66. The van der Waals surface area contributed by atoms with Gasteiger partial charge in [0.15, 0.2) is 0 Å². The molecule has 1 fully saturated rings. The number of fused-ring (bicyclic) bond motifs is 2. The number of H-pyrrole nitrogens is 1. The van der Waals surface area contributed by atoms with Gasteiger partial charge in [0.1, 0.15) is 4.83 Å². The smallest absolute Gasteiger partial charge is 0.253 e. The van der Waals surface area contributed by atoms with Gasteiger partial charge in [-0.1, -0.05) is 12.1 Å². The summed E-state index contributed by atoms with van der Waals surface area (Å²) in [7, 11) is 0. The summed E-state index contributed by atoms with van der Waals surface area (Å²) in [5.41, 5.74) is 6.28. The summed E-state index contributed by atoms with van der Waals surface area (Å²) >= 11 is 1.65. The molecule has 33 heavy (non-hydrogen) atoms. The molecule has 2 N–H and O–H groups in total. The predicted molar refractivity (Wildman–Crippen MR) is 137 cm³/mol. The van der Waals surface area contributed by atoms with E-state index in [0.29, 0.717) is 0 Å². The highest BCUT2D eigenvalue weighted by atomic mass is 32.1. The molecule has 5 aromatic rings. The molecule has 0 bridgehead atoms. The predicted octanol–water partition coefficient (Wildman–Crippen LogP) is 6.73. The van der Waals surface area contributed by atoms with E-state index in [4.69, 9.17) is 0 Å². The maximum Gasteiger partial charge on any atom is 0.253 e. The van der Waals surface area contributed by atoms with Gasteiger partial charge in [0.05, 0.1) is 5.69 Å². The Kier molecular flexibility index (Phi) is 4.88. The average molecular weight is 453 g/mol. The number of rotatable bonds is 4. The fourth-order valence-corrected chi connectivity index (χ4v) is 5.69. The summed E-state index contributed by atoms with van der Waals surface area (Å²) in [5.74, 6) is 0.131. The first-order chi connectivity index (χ1) is 16.2. The van der Waals surface area contributed by atoms with Crippen molar-refractivity contribution in [2.24, 2.45) is 0 Å². The van der Waals surface area contributed by atoms with Crippen molar-refractivity contribution in [1.29, 1.82) is 0 Å². The molecule has 2 aromatic carbocycles. The molecule has 0 spiro atoms. The Morgan fingerprint density at radius 3 is 2.79 bits per heavy atom. The molecule has 6 rings (SSSR count). The van der Waals surface area contributed by atoms with Gasteiger partial charge in [-0.15, -0.1) is 11.3 Å². The van der Waals surface area contributed by atoms with Crippen LogP contribution in [0.5, 0.6) is 0 Å². The zero-order valence-corrected chi connectivity index (χ0v) is 19.2. The fraction of sp³-hybridized carbons (Fsp3) is 0.185. The van der Waals surface area contributed by atoms with Crippen LogP contribution in [0.2, 0.25) is 0 Å². The van der Waals surface area contributed by atoms with Crippen molar-refractivity contribution in [2.75, 3.05) is 18.4 Å². The van der Waals surface area contributed by atoms with Gasteiger partial charge in [0.25, 0.3) is 5.91 Å². The zero-order valence-electron chi connectivity index (χ0n) is 18.4. The monoisotopic (exact) mass is 452 g/mol. The molecule has 4 heterocycles. The molecule has 1 saturated heterocycles. The highest BCUT2D eigenvalue weighted by Crippen LogP contribution is 2.38. The van der Waals surface area contributed by atoms with E-state index in [1.807, 2.05) is 41.6 Å². The number of carbonyl (C=O) groups excluding carboxylic acids is 1. The first kappa shape index (κ1) is 20.0. The number of carbonyl (C=O) groups is 1. The van der Waals surface area contributed by atoms with Crippen molar-refractivity contribution in [2.45, 2.75) is 19.8 Å². The molecule has 0 atom stereocenters. The van der Waals surface area contributed by atoms with Gasteiger partial charge < -0.3 is 15.2 Å². The van der Waals surface area contributed by atoms with E-state index in [2.05, 4.69) is 52.5 Å². The van der Waals surface area contributed by atoms with Gasteiger partial charge in [-0.2, -0.15) is 0 Å². The van der Waals surface area contributed by atoms with Crippen LogP contribution in [0.4, 0.5) is 11.4 Å². The molecule has 164 valence electrons. The van der Waals surface area contributed by atoms with Crippen molar-refractivity contribution in [3.8, 4) is 10.4 Å². The number of benzene rings is 2. The van der Waals surface area contributed by atoms with Crippen LogP contribution >= 0.6 is 11.3 Å². The van der Waals surface area contributed by atoms with E-state index in [-0.39, 0.29) is 5.91 Å². The number of hydrogen-bond donors (Lipinski definition) is 2. The standard InChI is InChI=1S/C27H24N4OS/c1-17-20-9-11-28-23(20)8-7-22(17)30-24-10-12-29-26-21(24)16-25(33-26)18-5-4-6-19(15-18)27(32)31-13-2-3-14-31/h4-12,15-16,28H,2-3,13-14H2,1H3,(H,29,30). The lowest BCUT2D eigenvalue weighted by Gasteiger charge is -2.15. The number of thiophene rings is 1. The Hall–Kier alpha value is -3.64. The van der Waals surface area contributed by atoms with Gasteiger partial charge >= 0.3 is 0 Å². The number of hydrogen-bond acceptors (Lipinski definition) is 4. The summed E-state index contributed by atoms with van der Waals surface area (Å²) in [6.07, 6.45) is 6.02. The lowest BCUT2D eigenvalue weighted by Crippen LogP contribution is -2.27. The second kappa shape index (κ2) is 8.05. The molecular formula is C27H24N4OS. The topological polar surface area (TPSA) is 61.0 Å². The molecule has 0 saturated carbocycles. The van der Waals surface area contributed by atoms with Crippen LogP contribution in [0.25, 0.3) is 31.6 Å². The van der Waals surface area contributed by atoms with Crippen molar-refractivity contribution < 1.29 is 4.79 Å². The minimum atomic E-state index is 0.131. The third kappa shape index (κ3) is 3.56. The van der Waals surface area contributed by atoms with E-state index in [0.717, 1.165) is 69.0 Å². The Balaban J connectivity index is 1.35. The maximum atomic E-state index is 12.9. The molecule has 0 aliphatic carbocycles. The Morgan fingerprint density at radius 2 is 1.91 bits per heavy atom. The second-order valence-electron chi connectivity index (χ2n) is 8.57. The van der Waals surface area contributed by atoms with Crippen LogP contribution in [-0.4, -0.2) is 33.9 Å². The molecule has 5 nitrogen and oxygen atoms in total. The number of aryl methyl sites for hydroxylation is 1. The number of nitrogens with zero attached hydrogens (tertiary/aromatic N) is 2. The molecular weight excluding hydrogens is 428 g/mol. The third-order valence-corrected chi connectivity index (χ3v) is 7.59. The molecule has 6 heteroatoms. The number of pyridine rings is 1. The van der Waals surface area contributed by atoms with E-state index in [1.54, 1.807) is 11.3 Å². The molecule has 0 unspecified atom stereocenters. The van der Waals surface area contributed by atoms with Crippen LogP contribution in [-0.2, 0) is 0 Å². The molecule has 1 amide bonds. The van der Waals surface area contributed by atoms with Gasteiger partial charge in [-0.3, -0.25) is 4.79 Å². The van der Waals surface area contributed by atoms with Crippen molar-refractivity contribution in [3.63, 3.8) is 0 Å². The highest BCUT2D eigenvalue weighted by molar-refractivity contribution is 7.21. The molecule has 3 aromatic heterocycles. The summed E-state index contributed by atoms with van der Waals surface area (Å²) < 4.78 is 0. The number of nitrogens with one attached hydrogen (secondary N) is 2. The quantitative estimate of drug-likeness (QED) is 0.318. The average Bonchev–Trinajstić information content (AvgIpc) is 3.61. The van der Waals surface area contributed by atoms with Crippen molar-refractivity contribution in [1.82, 2.24) is 14.9 Å². The van der Waals surface area contributed by atoms with Gasteiger partial charge in [0.2, 0.25) is 0 Å². The zero-order chi connectivity index (χ0) is 22.4. The number of likely N-dealkylation sites (tertiary alicyclic amines) is 1. The Morgan fingerprint density at radius 1 is 1.03 bits per heavy atom. The summed E-state index contributed by atoms with van der Waals surface area (Å²) in [5, 5.41) is 5.92. The molecule has 0 radical (unpaired) electrons. The number of amides is 1. The van der Waals surface area contributed by atoms with Crippen molar-refractivity contribution >= 4 is 49.7 Å². The first-order valence-corrected chi connectivity index (χ1v) is 12.1. The number of aromatic amines is 1. The SMILES string of the molecule is Cc1c(Nc2ccnc3sc(-c4cccc(C(=O)N5CCCC5)c4)cc23)ccc2[nH]ccc12. The third-order valence-electron chi connectivity index (χ3n) is 6.50. The second-order valence-corrected chi connectivity index (χ2v) is 9.60. The van der Waals surface area contributed by atoms with Crippen molar-refractivity contribution in [3.05, 3.63) is 78.1 Å². The van der Waals surface area contributed by atoms with E-state index >= 15 is 0 Å². The van der Waals surface area contributed by atoms with Crippen LogP contribution in [0.15, 0.2) is 67.0 Å². The summed E-state index contributed by atoms with van der Waals surface area (Å²) in [6, 6.07) is 18.5. The lowest BCUT2D eigenvalue weighted by atomic mass is 10.1. The number of anilines is 2. The maximum absolute atomic E-state index is 12.9. The lowest BCUT2D eigenvalue weighted by molar-refractivity contribution is 0.0793. The Bertz CT molecular complexity index is 1490. The highest BCUT2D eigenvalue weighted by Gasteiger charge is 2.20. The largest absolute Gasteiger partial charge is 0.361 e. The van der Waals surface area contributed by atoms with E-state index < -0.39 is 0 Å². The van der Waals surface area contributed by atoms with Gasteiger partial charge in [0, 0.05) is 57.9 Å². The molecule has 1 aliphatic heterocycles. The van der Waals surface area contributed by atoms with Crippen LogP contribution in [0, 0.1) is 6.92 Å². The van der Waals surface area contributed by atoms with Gasteiger partial charge in [-0.25, -0.2) is 4.98 Å². The molecule has 1 aliphatic rings. The Labute approximate surface area is 196 Å². The summed E-state index contributed by atoms with van der Waals surface area (Å²) in [4.78, 5) is 24.8. The minimum Gasteiger partial charge on any atom is -0.361 e. The summed E-state index contributed by atoms with van der Waals surface area (Å²) in [6.45, 7) is 3.86. The van der Waals surface area contributed by atoms with Crippen LogP contribution in [0.1, 0.15) is 28.8 Å². The van der Waals surface area contributed by atoms with E-state index in [1.165, 1.54) is 10.9 Å². The van der Waals surface area contributed by atoms with Gasteiger partial charge in [-0.05, 0) is 73.4 Å². The van der Waals surface area contributed by atoms with Crippen LogP contribution < -0.4 is 5.32 Å². The number of aromatic nitrogens is 2.